The summed E-state index contributed by atoms with van der Waals surface area (Å²) in [5, 5.41) is 2.82. The minimum Gasteiger partial charge on any atom is -0.323 e. The molecule has 1 aromatic rings. The Hall–Kier alpha value is -1.95. The molecule has 0 radical (unpaired) electrons. The second-order valence-electron chi connectivity index (χ2n) is 7.21. The fourth-order valence-electron chi connectivity index (χ4n) is 2.82. The first-order chi connectivity index (χ1) is 11.2. The Labute approximate surface area is 142 Å². The maximum atomic E-state index is 12.9. The van der Waals surface area contributed by atoms with Crippen molar-refractivity contribution in [2.75, 3.05) is 13.7 Å². The fourth-order valence-corrected chi connectivity index (χ4v) is 2.82. The van der Waals surface area contributed by atoms with Crippen LogP contribution in [-0.4, -0.2) is 41.0 Å². The van der Waals surface area contributed by atoms with E-state index >= 15 is 0 Å². The van der Waals surface area contributed by atoms with E-state index in [0.29, 0.717) is 18.9 Å². The van der Waals surface area contributed by atoms with Crippen molar-refractivity contribution in [2.24, 2.45) is 5.92 Å². The second-order valence-corrected chi connectivity index (χ2v) is 7.21. The zero-order valence-electron chi connectivity index (χ0n) is 14.8. The number of carbonyl (C=O) groups excluding carboxylic acids is 2. The standard InChI is InChI=1S/C18H26FN3O2/c1-13(2)9-10-18(3)16(23)22(17(24)20-18)12-21(4)11-14-5-7-15(19)8-6-14/h5-8,13H,9-12H2,1-4H3,(H,20,24)/t18-/m1/s1. The maximum Gasteiger partial charge on any atom is 0.326 e. The van der Waals surface area contributed by atoms with Crippen LogP contribution in [0.3, 0.4) is 0 Å². The van der Waals surface area contributed by atoms with Crippen LogP contribution in [0.15, 0.2) is 24.3 Å². The minimum atomic E-state index is -0.821. The minimum absolute atomic E-state index is 0.181. The Morgan fingerprint density at radius 3 is 2.46 bits per heavy atom. The predicted octanol–water partition coefficient (Wildman–Crippen LogP) is 2.96. The van der Waals surface area contributed by atoms with Gasteiger partial charge in [-0.15, -0.1) is 0 Å². The summed E-state index contributed by atoms with van der Waals surface area (Å²) in [7, 11) is 1.83. The van der Waals surface area contributed by atoms with Crippen LogP contribution in [0.2, 0.25) is 0 Å². The number of hydrogen-bond acceptors (Lipinski definition) is 3. The first kappa shape index (κ1) is 18.4. The lowest BCUT2D eigenvalue weighted by atomic mass is 9.92. The molecule has 0 spiro atoms. The molecule has 5 nitrogen and oxygen atoms in total. The van der Waals surface area contributed by atoms with Gasteiger partial charge < -0.3 is 5.32 Å². The largest absolute Gasteiger partial charge is 0.326 e. The summed E-state index contributed by atoms with van der Waals surface area (Å²) < 4.78 is 12.9. The predicted molar refractivity (Wildman–Crippen MR) is 90.6 cm³/mol. The van der Waals surface area contributed by atoms with E-state index in [0.717, 1.165) is 12.0 Å². The highest BCUT2D eigenvalue weighted by atomic mass is 19.1. The molecule has 1 N–H and O–H groups in total. The van der Waals surface area contributed by atoms with Crippen LogP contribution in [0, 0.1) is 11.7 Å². The molecule has 0 saturated carbocycles. The van der Waals surface area contributed by atoms with Crippen molar-refractivity contribution in [2.45, 2.75) is 45.7 Å². The molecule has 24 heavy (non-hydrogen) atoms. The van der Waals surface area contributed by atoms with Gasteiger partial charge in [0.1, 0.15) is 11.4 Å². The van der Waals surface area contributed by atoms with Gasteiger partial charge in [-0.1, -0.05) is 26.0 Å². The number of benzene rings is 1. The van der Waals surface area contributed by atoms with Gasteiger partial charge in [-0.3, -0.25) is 9.69 Å². The third-order valence-corrected chi connectivity index (χ3v) is 4.32. The van der Waals surface area contributed by atoms with Crippen molar-refractivity contribution in [1.29, 1.82) is 0 Å². The van der Waals surface area contributed by atoms with E-state index in [2.05, 4.69) is 19.2 Å². The third-order valence-electron chi connectivity index (χ3n) is 4.32. The molecule has 1 atom stereocenters. The summed E-state index contributed by atoms with van der Waals surface area (Å²) in [6, 6.07) is 5.85. The molecule has 1 fully saturated rings. The van der Waals surface area contributed by atoms with Crippen molar-refractivity contribution >= 4 is 11.9 Å². The van der Waals surface area contributed by atoms with Crippen molar-refractivity contribution in [3.8, 4) is 0 Å². The molecular weight excluding hydrogens is 309 g/mol. The van der Waals surface area contributed by atoms with Gasteiger partial charge in [0.15, 0.2) is 0 Å². The smallest absolute Gasteiger partial charge is 0.323 e. The molecule has 2 rings (SSSR count). The van der Waals surface area contributed by atoms with E-state index in [1.165, 1.54) is 17.0 Å². The zero-order valence-corrected chi connectivity index (χ0v) is 14.8. The lowest BCUT2D eigenvalue weighted by Gasteiger charge is -2.25. The molecule has 0 bridgehead atoms. The molecule has 1 heterocycles. The topological polar surface area (TPSA) is 52.7 Å². The van der Waals surface area contributed by atoms with E-state index in [-0.39, 0.29) is 24.4 Å². The monoisotopic (exact) mass is 335 g/mol. The molecule has 0 aliphatic carbocycles. The Morgan fingerprint density at radius 2 is 1.88 bits per heavy atom. The van der Waals surface area contributed by atoms with E-state index in [1.54, 1.807) is 19.1 Å². The van der Waals surface area contributed by atoms with Crippen LogP contribution in [0.4, 0.5) is 9.18 Å². The molecule has 0 unspecified atom stereocenters. The number of nitrogens with zero attached hydrogens (tertiary/aromatic N) is 2. The highest BCUT2D eigenvalue weighted by molar-refractivity contribution is 6.06. The fraction of sp³-hybridized carbons (Fsp3) is 0.556. The van der Waals surface area contributed by atoms with Crippen molar-refractivity contribution in [3.05, 3.63) is 35.6 Å². The molecular formula is C18H26FN3O2. The van der Waals surface area contributed by atoms with Crippen molar-refractivity contribution < 1.29 is 14.0 Å². The van der Waals surface area contributed by atoms with Gasteiger partial charge >= 0.3 is 6.03 Å². The van der Waals surface area contributed by atoms with Crippen LogP contribution >= 0.6 is 0 Å². The number of imide groups is 1. The Morgan fingerprint density at radius 1 is 1.25 bits per heavy atom. The van der Waals surface area contributed by atoms with Gasteiger partial charge in [-0.2, -0.15) is 0 Å². The van der Waals surface area contributed by atoms with Crippen LogP contribution in [-0.2, 0) is 11.3 Å². The lowest BCUT2D eigenvalue weighted by molar-refractivity contribution is -0.132. The Balaban J connectivity index is 1.97. The van der Waals surface area contributed by atoms with Crippen LogP contribution in [0.5, 0.6) is 0 Å². The number of carbonyl (C=O) groups is 2. The third kappa shape index (κ3) is 4.32. The van der Waals surface area contributed by atoms with Crippen LogP contribution in [0.1, 0.15) is 39.2 Å². The molecule has 6 heteroatoms. The van der Waals surface area contributed by atoms with Crippen molar-refractivity contribution in [1.82, 2.24) is 15.1 Å². The molecule has 1 saturated heterocycles. The highest BCUT2D eigenvalue weighted by Crippen LogP contribution is 2.25. The average molecular weight is 335 g/mol. The molecule has 1 aromatic carbocycles. The molecule has 1 aliphatic heterocycles. The summed E-state index contributed by atoms with van der Waals surface area (Å²) >= 11 is 0. The SMILES string of the molecule is CC(C)CC[C@@]1(C)NC(=O)N(CN(C)Cc2ccc(F)cc2)C1=O. The molecule has 3 amide bonds. The second kappa shape index (κ2) is 7.30. The normalized spacial score (nSPS) is 21.0. The van der Waals surface area contributed by atoms with E-state index in [9.17, 15) is 14.0 Å². The number of amides is 3. The Bertz CT molecular complexity index is 603. The first-order valence-corrected chi connectivity index (χ1v) is 8.28. The zero-order chi connectivity index (χ0) is 17.9. The van der Waals surface area contributed by atoms with E-state index in [1.807, 2.05) is 11.9 Å². The quantitative estimate of drug-likeness (QED) is 0.780. The van der Waals surface area contributed by atoms with Gasteiger partial charge in [-0.05, 0) is 50.4 Å². The number of nitrogens with one attached hydrogen (secondary N) is 1. The number of urea groups is 1. The molecule has 1 aliphatic rings. The number of rotatable bonds is 7. The summed E-state index contributed by atoms with van der Waals surface area (Å²) in [6.07, 6.45) is 1.51. The Kier molecular flexibility index (Phi) is 5.59. The average Bonchev–Trinajstić information content (AvgIpc) is 2.72. The van der Waals surface area contributed by atoms with Gasteiger partial charge in [-0.25, -0.2) is 14.1 Å². The molecule has 132 valence electrons. The molecule has 0 aromatic heterocycles. The van der Waals surface area contributed by atoms with E-state index in [4.69, 9.17) is 0 Å². The maximum absolute atomic E-state index is 12.9. The summed E-state index contributed by atoms with van der Waals surface area (Å²) in [5.41, 5.74) is 0.103. The van der Waals surface area contributed by atoms with Crippen LogP contribution in [0.25, 0.3) is 0 Å². The van der Waals surface area contributed by atoms with Crippen molar-refractivity contribution in [3.63, 3.8) is 0 Å². The first-order valence-electron chi connectivity index (χ1n) is 8.28. The summed E-state index contributed by atoms with van der Waals surface area (Å²) in [6.45, 7) is 6.71. The number of halogens is 1. The van der Waals surface area contributed by atoms with E-state index < -0.39 is 5.54 Å². The van der Waals surface area contributed by atoms with Gasteiger partial charge in [0.2, 0.25) is 0 Å². The van der Waals surface area contributed by atoms with Crippen LogP contribution < -0.4 is 5.32 Å². The summed E-state index contributed by atoms with van der Waals surface area (Å²) in [4.78, 5) is 28.0. The van der Waals surface area contributed by atoms with Gasteiger partial charge in [0, 0.05) is 6.54 Å². The highest BCUT2D eigenvalue weighted by Gasteiger charge is 2.47. The lowest BCUT2D eigenvalue weighted by Crippen LogP contribution is -2.45. The number of hydrogen-bond donors (Lipinski definition) is 1. The van der Waals surface area contributed by atoms with Gasteiger partial charge in [0.25, 0.3) is 5.91 Å². The van der Waals surface area contributed by atoms with Gasteiger partial charge in [0.05, 0.1) is 6.67 Å². The summed E-state index contributed by atoms with van der Waals surface area (Å²) in [5.74, 6) is 0.0113.